The van der Waals surface area contributed by atoms with E-state index in [4.69, 9.17) is 4.74 Å². The Kier molecular flexibility index (Phi) is 5.73. The van der Waals surface area contributed by atoms with Crippen LogP contribution < -0.4 is 10.6 Å². The zero-order valence-electron chi connectivity index (χ0n) is 19.4. The van der Waals surface area contributed by atoms with Crippen molar-refractivity contribution in [2.75, 3.05) is 31.5 Å². The van der Waals surface area contributed by atoms with Crippen LogP contribution in [0, 0.1) is 5.82 Å². The van der Waals surface area contributed by atoms with E-state index in [9.17, 15) is 14.0 Å². The smallest absolute Gasteiger partial charge is 0.260 e. The Morgan fingerprint density at radius 3 is 2.62 bits per heavy atom. The Morgan fingerprint density at radius 1 is 1.15 bits per heavy atom. The molecule has 3 aliphatic rings. The van der Waals surface area contributed by atoms with Crippen molar-refractivity contribution in [1.82, 2.24) is 10.2 Å². The molecule has 0 aliphatic carbocycles. The molecule has 0 aromatic heterocycles. The van der Waals surface area contributed by atoms with Crippen molar-refractivity contribution in [3.8, 4) is 0 Å². The first-order chi connectivity index (χ1) is 16.3. The minimum atomic E-state index is -0.676. The summed E-state index contributed by atoms with van der Waals surface area (Å²) >= 11 is 0. The van der Waals surface area contributed by atoms with Crippen LogP contribution in [0.2, 0.25) is 0 Å². The average molecular weight is 462 g/mol. The number of nitrogens with zero attached hydrogens (tertiary/aromatic N) is 1. The number of likely N-dealkylation sites (tertiary alicyclic amines) is 1. The molecule has 7 heteroatoms. The number of fused-ring (bicyclic) bond motifs is 1. The number of hydrogen-bond acceptors (Lipinski definition) is 4. The number of carbonyl (C=O) groups excluding carboxylic acids is 2. The zero-order chi connectivity index (χ0) is 23.9. The third kappa shape index (κ3) is 4.23. The Bertz CT molecular complexity index is 1210. The third-order valence-corrected chi connectivity index (χ3v) is 6.63. The lowest BCUT2D eigenvalue weighted by atomic mass is 9.91. The number of benzene rings is 2. The quantitative estimate of drug-likeness (QED) is 0.655. The van der Waals surface area contributed by atoms with Crippen LogP contribution >= 0.6 is 0 Å². The van der Waals surface area contributed by atoms with Gasteiger partial charge in [-0.25, -0.2) is 4.39 Å². The van der Waals surface area contributed by atoms with Crippen molar-refractivity contribution in [3.63, 3.8) is 0 Å². The molecule has 2 aromatic rings. The number of hydrogen-bond donors (Lipinski definition) is 2. The van der Waals surface area contributed by atoms with Crippen LogP contribution in [0.1, 0.15) is 48.2 Å². The molecule has 1 fully saturated rings. The zero-order valence-corrected chi connectivity index (χ0v) is 19.4. The SMILES string of the molecule is CC1(C)OC(=C2C(=O)Nc3cc(F)ccc32)C=C1c1ccc(C(=O)NCCN2CCCC2)cc1. The number of halogens is 1. The fraction of sp³-hybridized carbons (Fsp3) is 0.333. The van der Waals surface area contributed by atoms with Gasteiger partial charge < -0.3 is 20.3 Å². The van der Waals surface area contributed by atoms with Crippen LogP contribution in [0.5, 0.6) is 0 Å². The van der Waals surface area contributed by atoms with E-state index < -0.39 is 11.4 Å². The van der Waals surface area contributed by atoms with Crippen molar-refractivity contribution in [2.24, 2.45) is 0 Å². The third-order valence-electron chi connectivity index (χ3n) is 6.63. The fourth-order valence-electron chi connectivity index (χ4n) is 4.85. The first-order valence-electron chi connectivity index (χ1n) is 11.7. The molecule has 0 unspecified atom stereocenters. The topological polar surface area (TPSA) is 70.7 Å². The monoisotopic (exact) mass is 461 g/mol. The molecule has 34 heavy (non-hydrogen) atoms. The minimum Gasteiger partial charge on any atom is -0.482 e. The molecule has 3 aliphatic heterocycles. The van der Waals surface area contributed by atoms with Gasteiger partial charge in [-0.3, -0.25) is 9.59 Å². The second-order valence-electron chi connectivity index (χ2n) is 9.44. The lowest BCUT2D eigenvalue weighted by molar-refractivity contribution is -0.111. The van der Waals surface area contributed by atoms with Gasteiger partial charge in [-0.1, -0.05) is 12.1 Å². The normalized spacial score (nSPS) is 21.1. The maximum Gasteiger partial charge on any atom is 0.260 e. The molecule has 2 amide bonds. The highest BCUT2D eigenvalue weighted by Gasteiger charge is 2.38. The molecule has 0 spiro atoms. The van der Waals surface area contributed by atoms with E-state index in [1.54, 1.807) is 6.07 Å². The summed E-state index contributed by atoms with van der Waals surface area (Å²) in [6.45, 7) is 7.60. The van der Waals surface area contributed by atoms with E-state index >= 15 is 0 Å². The summed E-state index contributed by atoms with van der Waals surface area (Å²) in [5.74, 6) is -0.359. The summed E-state index contributed by atoms with van der Waals surface area (Å²) in [5.41, 5.74) is 3.20. The van der Waals surface area contributed by atoms with E-state index in [0.29, 0.717) is 34.7 Å². The van der Waals surface area contributed by atoms with Gasteiger partial charge in [0, 0.05) is 29.8 Å². The van der Waals surface area contributed by atoms with Crippen LogP contribution in [-0.4, -0.2) is 48.5 Å². The summed E-state index contributed by atoms with van der Waals surface area (Å²) < 4.78 is 19.8. The highest BCUT2D eigenvalue weighted by molar-refractivity contribution is 6.32. The average Bonchev–Trinajstić information content (AvgIpc) is 3.50. The van der Waals surface area contributed by atoms with Crippen LogP contribution in [0.4, 0.5) is 10.1 Å². The van der Waals surface area contributed by atoms with Crippen LogP contribution in [0.25, 0.3) is 11.1 Å². The number of carbonyl (C=O) groups is 2. The molecule has 6 nitrogen and oxygen atoms in total. The van der Waals surface area contributed by atoms with Gasteiger partial charge in [0.15, 0.2) is 0 Å². The van der Waals surface area contributed by atoms with E-state index in [2.05, 4.69) is 15.5 Å². The molecule has 2 N–H and O–H groups in total. The summed E-state index contributed by atoms with van der Waals surface area (Å²) in [7, 11) is 0. The van der Waals surface area contributed by atoms with Gasteiger partial charge >= 0.3 is 0 Å². The van der Waals surface area contributed by atoms with Gasteiger partial charge in [0.25, 0.3) is 11.8 Å². The summed E-state index contributed by atoms with van der Waals surface area (Å²) in [4.78, 5) is 27.5. The van der Waals surface area contributed by atoms with E-state index in [1.807, 2.05) is 44.2 Å². The molecule has 176 valence electrons. The van der Waals surface area contributed by atoms with Gasteiger partial charge in [-0.15, -0.1) is 0 Å². The molecular weight excluding hydrogens is 433 g/mol. The van der Waals surface area contributed by atoms with Gasteiger partial charge in [0.2, 0.25) is 0 Å². The number of anilines is 1. The second-order valence-corrected chi connectivity index (χ2v) is 9.44. The van der Waals surface area contributed by atoms with Crippen LogP contribution in [-0.2, 0) is 9.53 Å². The van der Waals surface area contributed by atoms with Gasteiger partial charge in [0.1, 0.15) is 17.2 Å². The number of amides is 2. The first-order valence-corrected chi connectivity index (χ1v) is 11.7. The standard InChI is InChI=1S/C27H28FN3O3/c1-27(2)21(16-23(34-27)24-20-10-9-19(28)15-22(20)30-26(24)33)17-5-7-18(8-6-17)25(32)29-11-14-31-12-3-4-13-31/h5-10,15-16H,3-4,11-14H2,1-2H3,(H,29,32)(H,30,33). The highest BCUT2D eigenvalue weighted by Crippen LogP contribution is 2.44. The molecular formula is C27H28FN3O3. The summed E-state index contributed by atoms with van der Waals surface area (Å²) in [5, 5.41) is 5.70. The predicted octanol–water partition coefficient (Wildman–Crippen LogP) is 4.21. The number of nitrogens with one attached hydrogen (secondary N) is 2. The number of ether oxygens (including phenoxy) is 1. The van der Waals surface area contributed by atoms with Crippen molar-refractivity contribution in [3.05, 3.63) is 76.8 Å². The molecule has 3 heterocycles. The minimum absolute atomic E-state index is 0.0871. The van der Waals surface area contributed by atoms with Crippen molar-refractivity contribution < 1.29 is 18.7 Å². The Labute approximate surface area is 198 Å². The predicted molar refractivity (Wildman–Crippen MR) is 130 cm³/mol. The highest BCUT2D eigenvalue weighted by atomic mass is 19.1. The molecule has 2 aromatic carbocycles. The fourth-order valence-corrected chi connectivity index (χ4v) is 4.85. The van der Waals surface area contributed by atoms with Crippen LogP contribution in [0.3, 0.4) is 0 Å². The van der Waals surface area contributed by atoms with Crippen molar-refractivity contribution >= 4 is 28.6 Å². The van der Waals surface area contributed by atoms with Gasteiger partial charge in [0.05, 0.1) is 11.3 Å². The lowest BCUT2D eigenvalue weighted by Crippen LogP contribution is -2.33. The Hall–Kier alpha value is -3.45. The molecule has 0 saturated carbocycles. The van der Waals surface area contributed by atoms with E-state index in [0.717, 1.165) is 30.8 Å². The Morgan fingerprint density at radius 2 is 1.88 bits per heavy atom. The summed E-state index contributed by atoms with van der Waals surface area (Å²) in [6, 6.07) is 11.6. The molecule has 0 bridgehead atoms. The molecule has 5 rings (SSSR count). The Balaban J connectivity index is 1.35. The molecule has 0 atom stereocenters. The molecule has 1 saturated heterocycles. The second kappa shape index (κ2) is 8.72. The van der Waals surface area contributed by atoms with Gasteiger partial charge in [-0.05, 0) is 81.7 Å². The maximum atomic E-state index is 13.6. The van der Waals surface area contributed by atoms with Crippen LogP contribution in [0.15, 0.2) is 54.3 Å². The molecule has 0 radical (unpaired) electrons. The van der Waals surface area contributed by atoms with E-state index in [-0.39, 0.29) is 11.8 Å². The first kappa shape index (κ1) is 22.3. The van der Waals surface area contributed by atoms with Crippen molar-refractivity contribution in [1.29, 1.82) is 0 Å². The van der Waals surface area contributed by atoms with Gasteiger partial charge in [-0.2, -0.15) is 0 Å². The summed E-state index contributed by atoms with van der Waals surface area (Å²) in [6.07, 6.45) is 4.33. The maximum absolute atomic E-state index is 13.6. The lowest BCUT2D eigenvalue weighted by Gasteiger charge is -2.23. The van der Waals surface area contributed by atoms with E-state index in [1.165, 1.54) is 25.0 Å². The largest absolute Gasteiger partial charge is 0.482 e. The van der Waals surface area contributed by atoms with Crippen molar-refractivity contribution in [2.45, 2.75) is 32.3 Å². The number of rotatable bonds is 5. The number of allylic oxidation sites excluding steroid dienone is 1.